The number of carbonyl (C=O) groups excluding carboxylic acids is 2. The van der Waals surface area contributed by atoms with E-state index in [2.05, 4.69) is 40.7 Å². The number of aliphatic hydroxyl groups excluding tert-OH is 1. The van der Waals surface area contributed by atoms with Gasteiger partial charge in [-0.15, -0.1) is 0 Å². The first-order valence-electron chi connectivity index (χ1n) is 15.6. The van der Waals surface area contributed by atoms with E-state index in [1.54, 1.807) is 0 Å². The molecule has 0 amide bonds. The number of fused-ring (bicyclic) bond motifs is 7. The first kappa shape index (κ1) is 27.2. The SMILES string of the molecule is C[C@H]1[C@@H](O)CC[C@]2(C)C3C(=O)C=C4[C@@H]5C[C@@](C)(C(=O)OCc6ccccc6)CCC5CC[C@@]4(C)[C@]3(C)CC[C@@H]12. The zero-order valence-corrected chi connectivity index (χ0v) is 24.7. The summed E-state index contributed by atoms with van der Waals surface area (Å²) in [6.07, 6.45) is 10.7. The molecule has 0 radical (unpaired) electrons. The van der Waals surface area contributed by atoms with Crippen molar-refractivity contribution in [3.8, 4) is 0 Å². The van der Waals surface area contributed by atoms with Crippen molar-refractivity contribution in [2.24, 2.45) is 51.2 Å². The Morgan fingerprint density at radius 1 is 0.974 bits per heavy atom. The molecule has 4 heteroatoms. The van der Waals surface area contributed by atoms with E-state index >= 15 is 0 Å². The molecular formula is C35H48O4. The maximum atomic E-state index is 14.3. The van der Waals surface area contributed by atoms with Crippen molar-refractivity contribution in [2.45, 2.75) is 105 Å². The van der Waals surface area contributed by atoms with Gasteiger partial charge >= 0.3 is 5.97 Å². The molecule has 0 aromatic heterocycles. The molecule has 5 aliphatic carbocycles. The summed E-state index contributed by atoms with van der Waals surface area (Å²) in [5, 5.41) is 10.7. The summed E-state index contributed by atoms with van der Waals surface area (Å²) in [5.41, 5.74) is 1.65. The molecule has 0 saturated heterocycles. The van der Waals surface area contributed by atoms with Crippen molar-refractivity contribution in [2.75, 3.05) is 0 Å². The number of esters is 1. The highest BCUT2D eigenvalue weighted by atomic mass is 16.5. The van der Waals surface area contributed by atoms with E-state index in [-0.39, 0.29) is 46.1 Å². The summed E-state index contributed by atoms with van der Waals surface area (Å²) < 4.78 is 5.88. The smallest absolute Gasteiger partial charge is 0.312 e. The molecule has 212 valence electrons. The van der Waals surface area contributed by atoms with Crippen molar-refractivity contribution < 1.29 is 19.4 Å². The molecule has 10 atom stereocenters. The van der Waals surface area contributed by atoms with Crippen LogP contribution in [-0.4, -0.2) is 23.0 Å². The first-order valence-corrected chi connectivity index (χ1v) is 15.6. The number of allylic oxidation sites excluding steroid dienone is 2. The molecule has 0 spiro atoms. The molecule has 0 aliphatic heterocycles. The van der Waals surface area contributed by atoms with Crippen molar-refractivity contribution in [1.29, 1.82) is 0 Å². The van der Waals surface area contributed by atoms with Crippen LogP contribution in [0.3, 0.4) is 0 Å². The zero-order chi connectivity index (χ0) is 27.8. The average molecular weight is 533 g/mol. The highest BCUT2D eigenvalue weighted by Crippen LogP contribution is 2.72. The summed E-state index contributed by atoms with van der Waals surface area (Å²) in [7, 11) is 0. The predicted octanol–water partition coefficient (Wildman–Crippen LogP) is 7.29. The van der Waals surface area contributed by atoms with Gasteiger partial charge in [0, 0.05) is 5.92 Å². The number of benzene rings is 1. The number of carbonyl (C=O) groups is 2. The van der Waals surface area contributed by atoms with Crippen molar-refractivity contribution in [3.05, 3.63) is 47.5 Å². The third-order valence-corrected chi connectivity index (χ3v) is 13.2. The maximum absolute atomic E-state index is 14.3. The van der Waals surface area contributed by atoms with Crippen LogP contribution in [0.15, 0.2) is 42.0 Å². The summed E-state index contributed by atoms with van der Waals surface area (Å²) in [6, 6.07) is 9.92. The van der Waals surface area contributed by atoms with Gasteiger partial charge in [-0.05, 0) is 116 Å². The molecule has 4 saturated carbocycles. The third-order valence-electron chi connectivity index (χ3n) is 13.2. The second-order valence-corrected chi connectivity index (χ2v) is 15.1. The fourth-order valence-electron chi connectivity index (χ4n) is 10.7. The Kier molecular flexibility index (Phi) is 6.49. The van der Waals surface area contributed by atoms with Crippen LogP contribution in [0.1, 0.15) is 98.0 Å². The molecule has 0 bridgehead atoms. The van der Waals surface area contributed by atoms with Gasteiger partial charge in [-0.1, -0.05) is 63.6 Å². The van der Waals surface area contributed by atoms with Gasteiger partial charge in [0.05, 0.1) is 11.5 Å². The number of aliphatic hydroxyl groups is 1. The second kappa shape index (κ2) is 9.29. The number of ether oxygens (including phenoxy) is 1. The Labute approximate surface area is 235 Å². The highest BCUT2D eigenvalue weighted by Gasteiger charge is 2.68. The zero-order valence-electron chi connectivity index (χ0n) is 24.7. The van der Waals surface area contributed by atoms with Gasteiger partial charge in [0.1, 0.15) is 6.61 Å². The summed E-state index contributed by atoms with van der Waals surface area (Å²) in [6.45, 7) is 11.9. The average Bonchev–Trinajstić information content (AvgIpc) is 2.91. The monoisotopic (exact) mass is 532 g/mol. The Balaban J connectivity index is 1.30. The van der Waals surface area contributed by atoms with Crippen LogP contribution in [0.2, 0.25) is 0 Å². The Bertz CT molecular complexity index is 1170. The Hall–Kier alpha value is -1.94. The fraction of sp³-hybridized carbons (Fsp3) is 0.714. The molecule has 4 fully saturated rings. The van der Waals surface area contributed by atoms with Crippen molar-refractivity contribution in [3.63, 3.8) is 0 Å². The Morgan fingerprint density at radius 2 is 1.69 bits per heavy atom. The van der Waals surface area contributed by atoms with Crippen LogP contribution in [0, 0.1) is 51.2 Å². The molecule has 0 heterocycles. The van der Waals surface area contributed by atoms with Crippen LogP contribution in [0.5, 0.6) is 0 Å². The lowest BCUT2D eigenvalue weighted by Crippen LogP contribution is -2.64. The van der Waals surface area contributed by atoms with E-state index in [1.807, 2.05) is 30.3 Å². The van der Waals surface area contributed by atoms with E-state index in [0.717, 1.165) is 56.9 Å². The third kappa shape index (κ3) is 3.94. The van der Waals surface area contributed by atoms with Gasteiger partial charge in [-0.2, -0.15) is 0 Å². The lowest BCUT2D eigenvalue weighted by Gasteiger charge is -2.68. The fourth-order valence-corrected chi connectivity index (χ4v) is 10.7. The minimum Gasteiger partial charge on any atom is -0.460 e. The number of rotatable bonds is 3. The van der Waals surface area contributed by atoms with Gasteiger partial charge in [0.2, 0.25) is 0 Å². The normalized spacial score (nSPS) is 47.1. The highest BCUT2D eigenvalue weighted by molar-refractivity contribution is 5.95. The quantitative estimate of drug-likeness (QED) is 0.415. The number of hydrogen-bond donors (Lipinski definition) is 1. The Morgan fingerprint density at radius 3 is 2.44 bits per heavy atom. The molecule has 2 unspecified atom stereocenters. The van der Waals surface area contributed by atoms with Crippen molar-refractivity contribution >= 4 is 11.8 Å². The lowest BCUT2D eigenvalue weighted by atomic mass is 9.35. The van der Waals surface area contributed by atoms with Crippen LogP contribution >= 0.6 is 0 Å². The van der Waals surface area contributed by atoms with E-state index in [0.29, 0.717) is 24.2 Å². The van der Waals surface area contributed by atoms with Gasteiger partial charge in [0.15, 0.2) is 5.78 Å². The molecular weight excluding hydrogens is 484 g/mol. The lowest BCUT2D eigenvalue weighted by molar-refractivity contribution is -0.182. The minimum atomic E-state index is -0.519. The van der Waals surface area contributed by atoms with Crippen LogP contribution in [-0.2, 0) is 20.9 Å². The second-order valence-electron chi connectivity index (χ2n) is 15.1. The van der Waals surface area contributed by atoms with E-state index in [4.69, 9.17) is 4.74 Å². The molecule has 1 aromatic carbocycles. The number of hydrogen-bond acceptors (Lipinski definition) is 4. The van der Waals surface area contributed by atoms with Gasteiger partial charge in [0.25, 0.3) is 0 Å². The standard InChI is InChI=1S/C35H48O4/c1-22-26-13-18-35(5)30(33(26,3)16-14-28(22)36)29(37)19-27-25-20-32(2,15-11-24(25)12-17-34(27,35)4)31(38)39-21-23-9-7-6-8-10-23/h6-10,19,22,24-26,28,30,36H,11-18,20-21H2,1-5H3/t22-,24?,25-,26+,28+,30?,32+,33+,34-,35-/m1/s1. The summed E-state index contributed by atoms with van der Waals surface area (Å²) >= 11 is 0. The van der Waals surface area contributed by atoms with Crippen LogP contribution in [0.4, 0.5) is 0 Å². The predicted molar refractivity (Wildman–Crippen MR) is 152 cm³/mol. The molecule has 4 nitrogen and oxygen atoms in total. The van der Waals surface area contributed by atoms with E-state index in [9.17, 15) is 14.7 Å². The van der Waals surface area contributed by atoms with Gasteiger partial charge in [-0.3, -0.25) is 9.59 Å². The minimum absolute atomic E-state index is 0.00909. The largest absolute Gasteiger partial charge is 0.460 e. The molecule has 39 heavy (non-hydrogen) atoms. The number of ketones is 1. The van der Waals surface area contributed by atoms with E-state index in [1.165, 1.54) is 12.0 Å². The van der Waals surface area contributed by atoms with Gasteiger partial charge in [-0.25, -0.2) is 0 Å². The maximum Gasteiger partial charge on any atom is 0.312 e. The first-order chi connectivity index (χ1) is 18.4. The van der Waals surface area contributed by atoms with Crippen molar-refractivity contribution in [1.82, 2.24) is 0 Å². The van der Waals surface area contributed by atoms with E-state index < -0.39 is 5.41 Å². The van der Waals surface area contributed by atoms with Crippen LogP contribution < -0.4 is 0 Å². The summed E-state index contributed by atoms with van der Waals surface area (Å²) in [4.78, 5) is 27.8. The topological polar surface area (TPSA) is 63.6 Å². The molecule has 5 aliphatic rings. The molecule has 1 N–H and O–H groups in total. The van der Waals surface area contributed by atoms with Gasteiger partial charge < -0.3 is 9.84 Å². The molecule has 1 aromatic rings. The van der Waals surface area contributed by atoms with Crippen LogP contribution in [0.25, 0.3) is 0 Å². The molecule has 6 rings (SSSR count). The summed E-state index contributed by atoms with van der Waals surface area (Å²) in [5.74, 6) is 1.70.